The number of hydrogen-bond donors (Lipinski definition) is 3. The van der Waals surface area contributed by atoms with Crippen LogP contribution in [0.3, 0.4) is 0 Å². The predicted molar refractivity (Wildman–Crippen MR) is 260 cm³/mol. The minimum absolute atomic E-state index is 0. The summed E-state index contributed by atoms with van der Waals surface area (Å²) >= 11 is 3.08. The Morgan fingerprint density at radius 1 is 0.609 bits per heavy atom. The third kappa shape index (κ3) is 11.8. The number of methoxy groups -OCH3 is 1. The van der Waals surface area contributed by atoms with Crippen LogP contribution in [0.15, 0.2) is 119 Å². The molecule has 0 spiro atoms. The molecule has 0 saturated carbocycles. The van der Waals surface area contributed by atoms with E-state index in [-0.39, 0.29) is 45.6 Å². The molecular weight excluding hydrogens is 964 g/mol. The van der Waals surface area contributed by atoms with Crippen LogP contribution in [-0.4, -0.2) is 85.9 Å². The summed E-state index contributed by atoms with van der Waals surface area (Å²) in [7, 11) is -6.46. The summed E-state index contributed by atoms with van der Waals surface area (Å²) in [6.45, 7) is 9.53. The van der Waals surface area contributed by atoms with Gasteiger partial charge in [-0.25, -0.2) is 56.3 Å². The monoisotopic (exact) mass is 1010 g/mol. The van der Waals surface area contributed by atoms with Gasteiger partial charge in [0, 0.05) is 34.3 Å². The Labute approximate surface area is 416 Å². The largest absolute Gasteiger partial charge is 1.00 e. The maximum atomic E-state index is 13.4. The molecule has 4 N–H and O–H groups in total. The minimum atomic E-state index is -3.86. The number of nitrogens with zero attached hydrogens (tertiary/aromatic N) is 6. The molecule has 0 saturated heterocycles. The molecule has 0 fully saturated rings. The third-order valence-electron chi connectivity index (χ3n) is 9.79. The summed E-state index contributed by atoms with van der Waals surface area (Å²) < 4.78 is 68.8. The number of aliphatic carboxylic acids is 1. The predicted octanol–water partition coefficient (Wildman–Crippen LogP) is 5.98. The van der Waals surface area contributed by atoms with Crippen LogP contribution < -0.4 is 39.0 Å². The molecule has 0 aliphatic rings. The summed E-state index contributed by atoms with van der Waals surface area (Å²) in [6, 6.07) is 17.3. The van der Waals surface area contributed by atoms with Crippen LogP contribution in [0.1, 0.15) is 41.5 Å². The summed E-state index contributed by atoms with van der Waals surface area (Å²) in [5.74, 6) is -0.998. The zero-order chi connectivity index (χ0) is 48.3. The molecule has 4 aromatic carbocycles. The van der Waals surface area contributed by atoms with Gasteiger partial charge in [-0.05, 0) is 90.1 Å². The van der Waals surface area contributed by atoms with Gasteiger partial charge >= 0.3 is 30.8 Å². The number of hydrogen-bond acceptors (Lipinski definition) is 20. The number of benzene rings is 4. The first-order chi connectivity index (χ1) is 31.7. The van der Waals surface area contributed by atoms with E-state index < -0.39 is 41.1 Å². The standard InChI is InChI=1S/C23H22N4O5S2.C22H20N4O5S2.Li.H2O/c1-23(2,3)34(29,30)20-10-15-16(11-18(20)32-8-7-21(28)31-4)24-12-25-22(15)27-14-5-6-19-17(9-14)26-13-33-19;1-22(2,3)33(29,30)19-9-14-15(10-17(19)31-7-6-20(27)28)23-11-24-21(14)26-13-4-5-18-16(8-13)25-12-32-18;;/h5-13H,1-4H3,(H,24,25,27);4-12H,1-3H3,(H,27,28)(H,23,24,26);;1H2/q;;+1;/p-1/b8-7+;7-6+;;. The van der Waals surface area contributed by atoms with E-state index in [9.17, 15) is 26.4 Å². The number of thiazole rings is 2. The van der Waals surface area contributed by atoms with Gasteiger partial charge in [0.15, 0.2) is 19.7 Å². The van der Waals surface area contributed by atoms with Crippen molar-refractivity contribution in [2.75, 3.05) is 17.7 Å². The number of rotatable bonds is 12. The van der Waals surface area contributed by atoms with E-state index in [4.69, 9.17) is 14.6 Å². The number of esters is 1. The number of aromatic nitrogens is 6. The number of carboxylic acids is 1. The number of sulfone groups is 2. The first kappa shape index (κ1) is 53.4. The molecule has 4 aromatic heterocycles. The average Bonchev–Trinajstić information content (AvgIpc) is 3.95. The van der Waals surface area contributed by atoms with Gasteiger partial charge in [-0.1, -0.05) is 0 Å². The summed E-state index contributed by atoms with van der Waals surface area (Å²) in [5.41, 5.74) is 7.58. The fourth-order valence-electron chi connectivity index (χ4n) is 6.13. The number of carbonyl (C=O) groups excluding carboxylic acids is 1. The Kier molecular flexibility index (Phi) is 16.5. The minimum Gasteiger partial charge on any atom is -0.870 e. The average molecular weight is 1010 g/mol. The Morgan fingerprint density at radius 2 is 1.03 bits per heavy atom. The van der Waals surface area contributed by atoms with Crippen molar-refractivity contribution in [3.05, 3.63) is 109 Å². The van der Waals surface area contributed by atoms with Crippen LogP contribution in [0.2, 0.25) is 0 Å². The van der Waals surface area contributed by atoms with Crippen molar-refractivity contribution in [3.8, 4) is 11.5 Å². The smallest absolute Gasteiger partial charge is 0.870 e. The molecule has 0 atom stereocenters. The number of carboxylic acid groups (broad SMARTS) is 1. The maximum Gasteiger partial charge on any atom is 1.00 e. The van der Waals surface area contributed by atoms with Gasteiger partial charge in [0.1, 0.15) is 45.6 Å². The molecule has 4 heterocycles. The first-order valence-electron chi connectivity index (χ1n) is 19.9. The molecule has 69 heavy (non-hydrogen) atoms. The SMILES string of the molecule is CC(C)(C)S(=O)(=O)c1cc2c(Nc3ccc4scnc4c3)ncnc2cc1O/C=C/C(=O)O.COC(=O)/C=C/Oc1cc2ncnc(Nc3ccc4scnc4c3)c2cc1S(=O)(=O)C(C)(C)C.[Li+].[OH-]. The molecule has 24 heteroatoms. The summed E-state index contributed by atoms with van der Waals surface area (Å²) in [5, 5.41) is 16.2. The molecule has 8 rings (SSSR count). The van der Waals surface area contributed by atoms with E-state index in [1.165, 1.54) is 55.4 Å². The topological polar surface area (TPSA) is 282 Å². The molecular formula is C45H43LiN8O11S4. The fourth-order valence-corrected chi connectivity index (χ4v) is 10.1. The number of carbonyl (C=O) groups is 2. The maximum absolute atomic E-state index is 13.4. The van der Waals surface area contributed by atoms with Crippen molar-refractivity contribution in [3.63, 3.8) is 0 Å². The van der Waals surface area contributed by atoms with Gasteiger partial charge in [0.05, 0.1) is 83.8 Å². The van der Waals surface area contributed by atoms with Gasteiger partial charge < -0.3 is 35.4 Å². The van der Waals surface area contributed by atoms with Gasteiger partial charge in [-0.2, -0.15) is 0 Å². The quantitative estimate of drug-likeness (QED) is 0.0549. The van der Waals surface area contributed by atoms with E-state index in [1.54, 1.807) is 63.9 Å². The van der Waals surface area contributed by atoms with E-state index in [1.807, 2.05) is 36.4 Å². The zero-order valence-corrected chi connectivity index (χ0v) is 41.5. The normalized spacial score (nSPS) is 12.0. The second kappa shape index (κ2) is 21.4. The zero-order valence-electron chi connectivity index (χ0n) is 38.3. The first-order valence-corrected chi connectivity index (χ1v) is 24.6. The van der Waals surface area contributed by atoms with Gasteiger partial charge in [-0.3, -0.25) is 0 Å². The number of fused-ring (bicyclic) bond motifs is 4. The van der Waals surface area contributed by atoms with Crippen molar-refractivity contribution in [2.24, 2.45) is 0 Å². The van der Waals surface area contributed by atoms with Gasteiger partial charge in [-0.15, -0.1) is 22.7 Å². The second-order valence-electron chi connectivity index (χ2n) is 16.3. The van der Waals surface area contributed by atoms with E-state index >= 15 is 0 Å². The van der Waals surface area contributed by atoms with Crippen LogP contribution in [0, 0.1) is 0 Å². The van der Waals surface area contributed by atoms with Crippen LogP contribution >= 0.6 is 22.7 Å². The van der Waals surface area contributed by atoms with Crippen LogP contribution in [0.5, 0.6) is 11.5 Å². The Balaban J connectivity index is 0.000000250. The van der Waals surface area contributed by atoms with Crippen molar-refractivity contribution in [2.45, 2.75) is 60.8 Å². The van der Waals surface area contributed by atoms with Crippen LogP contribution in [0.4, 0.5) is 23.0 Å². The Hall–Kier alpha value is -6.58. The molecule has 0 amide bonds. The van der Waals surface area contributed by atoms with Crippen molar-refractivity contribution in [1.82, 2.24) is 29.9 Å². The molecule has 0 aliphatic heterocycles. The van der Waals surface area contributed by atoms with Crippen LogP contribution in [0.25, 0.3) is 42.2 Å². The van der Waals surface area contributed by atoms with Crippen molar-refractivity contribution < 1.29 is 70.1 Å². The van der Waals surface area contributed by atoms with E-state index in [0.29, 0.717) is 33.4 Å². The van der Waals surface area contributed by atoms with Gasteiger partial charge in [0.2, 0.25) is 0 Å². The molecule has 0 aliphatic carbocycles. The third-order valence-corrected chi connectivity index (χ3v) is 16.4. The van der Waals surface area contributed by atoms with Crippen molar-refractivity contribution >= 4 is 120 Å². The Morgan fingerprint density at radius 3 is 1.42 bits per heavy atom. The number of anilines is 4. The van der Waals surface area contributed by atoms with E-state index in [2.05, 4.69) is 45.3 Å². The molecule has 19 nitrogen and oxygen atoms in total. The molecule has 0 unspecified atom stereocenters. The molecule has 354 valence electrons. The van der Waals surface area contributed by atoms with Crippen LogP contribution in [-0.2, 0) is 34.0 Å². The van der Waals surface area contributed by atoms with Crippen molar-refractivity contribution in [1.29, 1.82) is 0 Å². The number of ether oxygens (including phenoxy) is 3. The summed E-state index contributed by atoms with van der Waals surface area (Å²) in [6.07, 6.45) is 6.56. The molecule has 0 bridgehead atoms. The number of nitrogens with one attached hydrogen (secondary N) is 2. The summed E-state index contributed by atoms with van der Waals surface area (Å²) in [4.78, 5) is 47.9. The molecule has 0 radical (unpaired) electrons. The fraction of sp³-hybridized carbons (Fsp3) is 0.200. The van der Waals surface area contributed by atoms with E-state index in [0.717, 1.165) is 56.5 Å². The Bertz CT molecular complexity index is 3500. The molecule has 8 aromatic rings. The van der Waals surface area contributed by atoms with Gasteiger partial charge in [0.25, 0.3) is 0 Å². The second-order valence-corrected chi connectivity index (χ2v) is 23.4.